The predicted octanol–water partition coefficient (Wildman–Crippen LogP) is 1.96. The first kappa shape index (κ1) is 33.7. The molecule has 0 bridgehead atoms. The van der Waals surface area contributed by atoms with E-state index >= 15 is 0 Å². The summed E-state index contributed by atoms with van der Waals surface area (Å²) in [6.07, 6.45) is 0.648. The van der Waals surface area contributed by atoms with Gasteiger partial charge in [0.25, 0.3) is 5.91 Å². The molecule has 3 aromatic carbocycles. The van der Waals surface area contributed by atoms with Gasteiger partial charge in [0.2, 0.25) is 23.6 Å². The largest absolute Gasteiger partial charge is 0.491 e. The van der Waals surface area contributed by atoms with Crippen molar-refractivity contribution < 1.29 is 28.7 Å². The van der Waals surface area contributed by atoms with Crippen LogP contribution in [-0.2, 0) is 32.0 Å². The van der Waals surface area contributed by atoms with Gasteiger partial charge in [-0.3, -0.25) is 24.0 Å². The van der Waals surface area contributed by atoms with Gasteiger partial charge < -0.3 is 30.5 Å². The van der Waals surface area contributed by atoms with Gasteiger partial charge in [0.05, 0.1) is 31.1 Å². The van der Waals surface area contributed by atoms with Gasteiger partial charge in [-0.05, 0) is 43.0 Å². The summed E-state index contributed by atoms with van der Waals surface area (Å²) in [6.45, 7) is 1.74. The van der Waals surface area contributed by atoms with Crippen LogP contribution in [-0.4, -0.2) is 91.3 Å². The van der Waals surface area contributed by atoms with E-state index in [0.29, 0.717) is 19.4 Å². The minimum atomic E-state index is -1.21. The number of likely N-dealkylation sites (N-methyl/N-ethyl adjacent to an activating group) is 2. The Kier molecular flexibility index (Phi) is 12.3. The fourth-order valence-corrected chi connectivity index (χ4v) is 5.10. The van der Waals surface area contributed by atoms with Crippen LogP contribution in [0.2, 0.25) is 0 Å². The van der Waals surface area contributed by atoms with Gasteiger partial charge in [-0.25, -0.2) is 0 Å². The van der Waals surface area contributed by atoms with Crippen molar-refractivity contribution in [2.75, 3.05) is 39.8 Å². The number of hydrogen-bond acceptors (Lipinski definition) is 6. The molecule has 4 rings (SSSR count). The van der Waals surface area contributed by atoms with E-state index < -0.39 is 41.6 Å². The summed E-state index contributed by atoms with van der Waals surface area (Å²) in [6, 6.07) is 24.1. The second-order valence-corrected chi connectivity index (χ2v) is 11.2. The zero-order chi connectivity index (χ0) is 32.9. The van der Waals surface area contributed by atoms with Crippen molar-refractivity contribution in [3.05, 3.63) is 102 Å². The molecule has 1 heterocycles. The maximum Gasteiger partial charge on any atom is 0.255 e. The number of rotatable bonds is 7. The molecule has 11 nitrogen and oxygen atoms in total. The molecule has 0 saturated carbocycles. The summed E-state index contributed by atoms with van der Waals surface area (Å²) in [4.78, 5) is 69.1. The number of carbonyl (C=O) groups is 5. The van der Waals surface area contributed by atoms with Crippen LogP contribution in [0.25, 0.3) is 0 Å². The molecule has 1 aliphatic heterocycles. The maximum absolute atomic E-state index is 13.6. The van der Waals surface area contributed by atoms with Crippen LogP contribution < -0.4 is 20.7 Å². The molecule has 242 valence electrons. The van der Waals surface area contributed by atoms with Gasteiger partial charge in [0.15, 0.2) is 0 Å². The number of fused-ring (bicyclic) bond motifs is 1. The number of ether oxygens (including phenoxy) is 1. The highest BCUT2D eigenvalue weighted by molar-refractivity contribution is 6.01. The minimum Gasteiger partial charge on any atom is -0.491 e. The van der Waals surface area contributed by atoms with Crippen LogP contribution in [0.3, 0.4) is 0 Å². The van der Waals surface area contributed by atoms with Crippen LogP contribution in [0.5, 0.6) is 5.75 Å². The number of nitrogens with zero attached hydrogens (tertiary/aromatic N) is 2. The van der Waals surface area contributed by atoms with Crippen molar-refractivity contribution in [2.45, 2.75) is 38.3 Å². The first-order chi connectivity index (χ1) is 22.2. The molecule has 2 atom stereocenters. The number of benzene rings is 3. The lowest BCUT2D eigenvalue weighted by atomic mass is 10.1. The first-order valence-electron chi connectivity index (χ1n) is 15.4. The van der Waals surface area contributed by atoms with Gasteiger partial charge in [-0.1, -0.05) is 72.8 Å². The van der Waals surface area contributed by atoms with E-state index in [0.717, 1.165) is 11.1 Å². The standard InChI is InChI=1S/C35H41N5O6/c1-3-40-23-33(43)39(2)22-31(41)37-27(20-26-14-8-5-9-15-26)24-46-30-17-11-10-16-28(30)34(44)38-29(21-32(40)42)35(45)36-19-18-25-12-6-4-7-13-25/h4-17,27,29H,3,18-24H2,1-2H3,(H,36,45)(H,37,41)(H,38,44)/t27-,29+/m1/s1. The van der Waals surface area contributed by atoms with Crippen LogP contribution in [0, 0.1) is 0 Å². The van der Waals surface area contributed by atoms with Crippen molar-refractivity contribution in [2.24, 2.45) is 0 Å². The predicted molar refractivity (Wildman–Crippen MR) is 173 cm³/mol. The lowest BCUT2D eigenvalue weighted by molar-refractivity contribution is -0.142. The van der Waals surface area contributed by atoms with Crippen molar-refractivity contribution >= 4 is 29.5 Å². The average Bonchev–Trinajstić information content (AvgIpc) is 3.06. The van der Waals surface area contributed by atoms with E-state index in [4.69, 9.17) is 4.74 Å². The van der Waals surface area contributed by atoms with E-state index in [2.05, 4.69) is 16.0 Å². The number of nitrogens with one attached hydrogen (secondary N) is 3. The Balaban J connectivity index is 1.60. The molecule has 3 aromatic rings. The smallest absolute Gasteiger partial charge is 0.255 e. The zero-order valence-corrected chi connectivity index (χ0v) is 26.2. The highest BCUT2D eigenvalue weighted by Crippen LogP contribution is 2.19. The summed E-state index contributed by atoms with van der Waals surface area (Å²) in [7, 11) is 1.50. The third-order valence-electron chi connectivity index (χ3n) is 7.69. The third-order valence-corrected chi connectivity index (χ3v) is 7.69. The SMILES string of the molecule is CCN1CC(=O)N(C)CC(=O)N[C@H](Cc2ccccc2)COc2ccccc2C(=O)N[C@H](C(=O)NCCc2ccccc2)CC1=O. The molecule has 0 aromatic heterocycles. The highest BCUT2D eigenvalue weighted by Gasteiger charge is 2.29. The normalized spacial score (nSPS) is 18.5. The number of carbonyl (C=O) groups excluding carboxylic acids is 5. The van der Waals surface area contributed by atoms with Crippen molar-refractivity contribution in [3.8, 4) is 5.75 Å². The Bertz CT molecular complexity index is 1500. The second kappa shape index (κ2) is 16.8. The maximum atomic E-state index is 13.6. The summed E-state index contributed by atoms with van der Waals surface area (Å²) in [5, 5.41) is 8.51. The molecule has 11 heteroatoms. The van der Waals surface area contributed by atoms with Crippen LogP contribution in [0.1, 0.15) is 34.8 Å². The summed E-state index contributed by atoms with van der Waals surface area (Å²) in [5.74, 6) is -2.18. The molecular formula is C35H41N5O6. The number of para-hydroxylation sites is 1. The van der Waals surface area contributed by atoms with Gasteiger partial charge in [0, 0.05) is 20.1 Å². The molecule has 0 fully saturated rings. The van der Waals surface area contributed by atoms with E-state index in [1.165, 1.54) is 16.8 Å². The van der Waals surface area contributed by atoms with Crippen molar-refractivity contribution in [1.82, 2.24) is 25.8 Å². The summed E-state index contributed by atoms with van der Waals surface area (Å²) >= 11 is 0. The van der Waals surface area contributed by atoms with Gasteiger partial charge in [-0.2, -0.15) is 0 Å². The lowest BCUT2D eigenvalue weighted by Gasteiger charge is -2.26. The first-order valence-corrected chi connectivity index (χ1v) is 15.4. The van der Waals surface area contributed by atoms with Crippen molar-refractivity contribution in [1.29, 1.82) is 0 Å². The molecule has 0 unspecified atom stereocenters. The van der Waals surface area contributed by atoms with E-state index in [9.17, 15) is 24.0 Å². The lowest BCUT2D eigenvalue weighted by Crippen LogP contribution is -2.51. The second-order valence-electron chi connectivity index (χ2n) is 11.2. The minimum absolute atomic E-state index is 0.0358. The molecule has 46 heavy (non-hydrogen) atoms. The molecular weight excluding hydrogens is 586 g/mol. The van der Waals surface area contributed by atoms with Crippen LogP contribution in [0.4, 0.5) is 0 Å². The molecule has 0 aliphatic carbocycles. The van der Waals surface area contributed by atoms with Crippen LogP contribution in [0.15, 0.2) is 84.9 Å². The van der Waals surface area contributed by atoms with Gasteiger partial charge in [0.1, 0.15) is 18.4 Å². The Morgan fingerprint density at radius 1 is 0.848 bits per heavy atom. The molecule has 1 aliphatic rings. The zero-order valence-electron chi connectivity index (χ0n) is 26.2. The number of amides is 5. The Hall–Kier alpha value is -5.19. The highest BCUT2D eigenvalue weighted by atomic mass is 16.5. The molecule has 0 saturated heterocycles. The number of hydrogen-bond donors (Lipinski definition) is 3. The monoisotopic (exact) mass is 627 g/mol. The Morgan fingerprint density at radius 3 is 2.20 bits per heavy atom. The average molecular weight is 628 g/mol. The molecule has 0 spiro atoms. The van der Waals surface area contributed by atoms with Gasteiger partial charge in [-0.15, -0.1) is 0 Å². The van der Waals surface area contributed by atoms with Crippen molar-refractivity contribution in [3.63, 3.8) is 0 Å². The summed E-state index contributed by atoms with van der Waals surface area (Å²) in [5.41, 5.74) is 2.17. The quantitative estimate of drug-likeness (QED) is 0.367. The fourth-order valence-electron chi connectivity index (χ4n) is 5.10. The third kappa shape index (κ3) is 9.91. The van der Waals surface area contributed by atoms with Gasteiger partial charge >= 0.3 is 0 Å². The fraction of sp³-hybridized carbons (Fsp3) is 0.343. The van der Waals surface area contributed by atoms with E-state index in [-0.39, 0.29) is 44.0 Å². The van der Waals surface area contributed by atoms with E-state index in [1.54, 1.807) is 31.2 Å². The van der Waals surface area contributed by atoms with E-state index in [1.807, 2.05) is 60.7 Å². The Morgan fingerprint density at radius 2 is 1.50 bits per heavy atom. The topological polar surface area (TPSA) is 137 Å². The summed E-state index contributed by atoms with van der Waals surface area (Å²) < 4.78 is 6.10. The molecule has 3 N–H and O–H groups in total. The Labute approximate surface area is 269 Å². The molecule has 0 radical (unpaired) electrons. The molecule has 5 amide bonds. The van der Waals surface area contributed by atoms with Crippen LogP contribution >= 0.6 is 0 Å².